The van der Waals surface area contributed by atoms with E-state index in [9.17, 15) is 9.18 Å². The van der Waals surface area contributed by atoms with E-state index < -0.39 is 12.0 Å². The number of hydrogen-bond acceptors (Lipinski definition) is 2. The van der Waals surface area contributed by atoms with Gasteiger partial charge in [-0.2, -0.15) is 0 Å². The van der Waals surface area contributed by atoms with Crippen molar-refractivity contribution >= 4 is 21.9 Å². The van der Waals surface area contributed by atoms with Crippen LogP contribution < -0.4 is 0 Å². The fraction of sp³-hybridized carbons (Fsp3) is 0.417. The van der Waals surface area contributed by atoms with Gasteiger partial charge in [0, 0.05) is 11.0 Å². The summed E-state index contributed by atoms with van der Waals surface area (Å²) in [5, 5.41) is 9.06. The van der Waals surface area contributed by atoms with Gasteiger partial charge in [-0.1, -0.05) is 22.0 Å². The first kappa shape index (κ1) is 12.5. The summed E-state index contributed by atoms with van der Waals surface area (Å²) < 4.78 is 13.6. The van der Waals surface area contributed by atoms with E-state index in [1.165, 1.54) is 12.1 Å². The lowest BCUT2D eigenvalue weighted by Crippen LogP contribution is -2.35. The highest BCUT2D eigenvalue weighted by atomic mass is 79.9. The van der Waals surface area contributed by atoms with Crippen molar-refractivity contribution in [1.29, 1.82) is 0 Å². The lowest BCUT2D eigenvalue weighted by molar-refractivity contribution is -0.142. The van der Waals surface area contributed by atoms with Gasteiger partial charge in [0.15, 0.2) is 0 Å². The first-order valence-corrected chi connectivity index (χ1v) is 6.28. The molecule has 1 atom stereocenters. The average Bonchev–Trinajstić information content (AvgIpc) is 2.70. The van der Waals surface area contributed by atoms with Crippen molar-refractivity contribution in [2.45, 2.75) is 25.4 Å². The van der Waals surface area contributed by atoms with Crippen molar-refractivity contribution in [2.75, 3.05) is 6.54 Å². The maximum Gasteiger partial charge on any atom is 0.320 e. The second-order valence-corrected chi connectivity index (χ2v) is 5.06. The molecule has 92 valence electrons. The molecule has 0 bridgehead atoms. The van der Waals surface area contributed by atoms with Crippen molar-refractivity contribution in [3.05, 3.63) is 34.1 Å². The van der Waals surface area contributed by atoms with Crippen LogP contribution in [0.4, 0.5) is 4.39 Å². The van der Waals surface area contributed by atoms with E-state index in [0.717, 1.165) is 18.5 Å². The molecule has 1 aromatic carbocycles. The predicted molar refractivity (Wildman–Crippen MR) is 65.2 cm³/mol. The summed E-state index contributed by atoms with van der Waals surface area (Å²) in [6.45, 7) is 1.32. The molecule has 1 saturated heterocycles. The molecule has 1 aliphatic rings. The molecule has 1 aliphatic heterocycles. The topological polar surface area (TPSA) is 40.5 Å². The van der Waals surface area contributed by atoms with E-state index in [2.05, 4.69) is 15.9 Å². The van der Waals surface area contributed by atoms with E-state index >= 15 is 0 Å². The first-order valence-electron chi connectivity index (χ1n) is 5.48. The normalized spacial score (nSPS) is 20.7. The molecule has 0 saturated carbocycles. The third kappa shape index (κ3) is 2.84. The van der Waals surface area contributed by atoms with E-state index in [1.54, 1.807) is 6.07 Å². The summed E-state index contributed by atoms with van der Waals surface area (Å²) in [6.07, 6.45) is 1.59. The molecule has 0 aliphatic carbocycles. The van der Waals surface area contributed by atoms with E-state index in [1.807, 2.05) is 4.90 Å². The van der Waals surface area contributed by atoms with Crippen molar-refractivity contribution in [1.82, 2.24) is 4.90 Å². The largest absolute Gasteiger partial charge is 0.480 e. The summed E-state index contributed by atoms with van der Waals surface area (Å²) in [5.41, 5.74) is 0.916. The van der Waals surface area contributed by atoms with Crippen molar-refractivity contribution in [2.24, 2.45) is 0 Å². The summed E-state index contributed by atoms with van der Waals surface area (Å²) in [7, 11) is 0. The minimum Gasteiger partial charge on any atom is -0.480 e. The third-order valence-electron chi connectivity index (χ3n) is 3.04. The number of carboxylic acids is 1. The molecule has 1 unspecified atom stereocenters. The predicted octanol–water partition coefficient (Wildman–Crippen LogP) is 2.64. The molecule has 1 N–H and O–H groups in total. The maximum absolute atomic E-state index is 12.9. The number of likely N-dealkylation sites (tertiary alicyclic amines) is 1. The number of carboxylic acid groups (broad SMARTS) is 1. The quantitative estimate of drug-likeness (QED) is 0.933. The number of carbonyl (C=O) groups is 1. The fourth-order valence-corrected chi connectivity index (χ4v) is 2.64. The van der Waals surface area contributed by atoms with E-state index in [-0.39, 0.29) is 5.82 Å². The second kappa shape index (κ2) is 5.14. The smallest absolute Gasteiger partial charge is 0.320 e. The highest BCUT2D eigenvalue weighted by Crippen LogP contribution is 2.24. The Hall–Kier alpha value is -0.940. The molecular formula is C12H13BrFNO2. The van der Waals surface area contributed by atoms with E-state index in [4.69, 9.17) is 5.11 Å². The summed E-state index contributed by atoms with van der Waals surface area (Å²) in [6, 6.07) is 4.08. The Labute approximate surface area is 107 Å². The van der Waals surface area contributed by atoms with Gasteiger partial charge in [-0.15, -0.1) is 0 Å². The van der Waals surface area contributed by atoms with Crippen LogP contribution in [0.15, 0.2) is 22.7 Å². The van der Waals surface area contributed by atoms with Crippen molar-refractivity contribution < 1.29 is 14.3 Å². The van der Waals surface area contributed by atoms with Crippen molar-refractivity contribution in [3.8, 4) is 0 Å². The van der Waals surface area contributed by atoms with Crippen molar-refractivity contribution in [3.63, 3.8) is 0 Å². The molecule has 0 spiro atoms. The number of benzene rings is 1. The number of nitrogens with zero attached hydrogens (tertiary/aromatic N) is 1. The molecule has 5 heteroatoms. The van der Waals surface area contributed by atoms with Crippen LogP contribution in [0.1, 0.15) is 18.4 Å². The fourth-order valence-electron chi connectivity index (χ4n) is 2.16. The molecule has 0 amide bonds. The van der Waals surface area contributed by atoms with Gasteiger partial charge in [-0.3, -0.25) is 9.69 Å². The van der Waals surface area contributed by atoms with Crippen LogP contribution in [0.5, 0.6) is 0 Å². The van der Waals surface area contributed by atoms with Crippen LogP contribution in [0.3, 0.4) is 0 Å². The molecule has 3 nitrogen and oxygen atoms in total. The second-order valence-electron chi connectivity index (χ2n) is 4.20. The zero-order chi connectivity index (χ0) is 12.4. The van der Waals surface area contributed by atoms with E-state index in [0.29, 0.717) is 17.4 Å². The standard InChI is InChI=1S/C12H13BrFNO2/c13-10-6-9(14)4-3-8(10)7-15-5-1-2-11(15)12(16)17/h3-4,6,11H,1-2,5,7H2,(H,16,17). The minimum atomic E-state index is -0.777. The van der Waals surface area contributed by atoms with Crippen LogP contribution in [-0.2, 0) is 11.3 Å². The lowest BCUT2D eigenvalue weighted by atomic mass is 10.2. The zero-order valence-electron chi connectivity index (χ0n) is 9.20. The van der Waals surface area contributed by atoms with Gasteiger partial charge in [0.05, 0.1) is 0 Å². The molecule has 1 aromatic rings. The first-order chi connectivity index (χ1) is 8.08. The Balaban J connectivity index is 2.12. The van der Waals surface area contributed by atoms with Crippen LogP contribution in [0.25, 0.3) is 0 Å². The SMILES string of the molecule is O=C(O)C1CCCN1Cc1ccc(F)cc1Br. The van der Waals surface area contributed by atoms with Crippen LogP contribution in [-0.4, -0.2) is 28.6 Å². The summed E-state index contributed by atoms with van der Waals surface area (Å²) >= 11 is 3.30. The number of rotatable bonds is 3. The Morgan fingerprint density at radius 1 is 1.59 bits per heavy atom. The number of hydrogen-bond donors (Lipinski definition) is 1. The van der Waals surface area contributed by atoms with Gasteiger partial charge in [-0.05, 0) is 37.1 Å². The zero-order valence-corrected chi connectivity index (χ0v) is 10.8. The number of aliphatic carboxylic acids is 1. The van der Waals surface area contributed by atoms with Gasteiger partial charge in [-0.25, -0.2) is 4.39 Å². The molecule has 0 aromatic heterocycles. The third-order valence-corrected chi connectivity index (χ3v) is 3.78. The molecular weight excluding hydrogens is 289 g/mol. The number of halogens is 2. The van der Waals surface area contributed by atoms with Gasteiger partial charge >= 0.3 is 5.97 Å². The van der Waals surface area contributed by atoms with Crippen LogP contribution in [0, 0.1) is 5.82 Å². The Morgan fingerprint density at radius 2 is 2.35 bits per heavy atom. The maximum atomic E-state index is 12.9. The molecule has 17 heavy (non-hydrogen) atoms. The molecule has 1 fully saturated rings. The average molecular weight is 302 g/mol. The Kier molecular flexibility index (Phi) is 3.79. The summed E-state index contributed by atoms with van der Waals surface area (Å²) in [4.78, 5) is 12.9. The lowest BCUT2D eigenvalue weighted by Gasteiger charge is -2.21. The Bertz CT molecular complexity index is 439. The minimum absolute atomic E-state index is 0.295. The van der Waals surface area contributed by atoms with Gasteiger partial charge in [0.1, 0.15) is 11.9 Å². The monoisotopic (exact) mass is 301 g/mol. The van der Waals surface area contributed by atoms with Gasteiger partial charge < -0.3 is 5.11 Å². The van der Waals surface area contributed by atoms with Gasteiger partial charge in [0.25, 0.3) is 0 Å². The van der Waals surface area contributed by atoms with Crippen LogP contribution >= 0.6 is 15.9 Å². The highest BCUT2D eigenvalue weighted by Gasteiger charge is 2.30. The van der Waals surface area contributed by atoms with Crippen LogP contribution in [0.2, 0.25) is 0 Å². The molecule has 2 rings (SSSR count). The molecule has 0 radical (unpaired) electrons. The highest BCUT2D eigenvalue weighted by molar-refractivity contribution is 9.10. The summed E-state index contributed by atoms with van der Waals surface area (Å²) in [5.74, 6) is -1.07. The molecule has 1 heterocycles. The Morgan fingerprint density at radius 3 is 3.00 bits per heavy atom. The van der Waals surface area contributed by atoms with Gasteiger partial charge in [0.2, 0.25) is 0 Å².